The van der Waals surface area contributed by atoms with Crippen LogP contribution in [0.3, 0.4) is 0 Å². The van der Waals surface area contributed by atoms with E-state index in [-0.39, 0.29) is 12.5 Å². The quantitative estimate of drug-likeness (QED) is 0.680. The molecule has 0 fully saturated rings. The normalized spacial score (nSPS) is 14.6. The standard InChI is InChI=1S/C11H17NO3S/c1-2-12-8(5-6-10(13)14)11(15)9-4-3-7-16-9/h3-4,7-8,11-12,15H,2,5-6H2,1H3,(H,13,14). The van der Waals surface area contributed by atoms with Crippen molar-refractivity contribution in [2.24, 2.45) is 0 Å². The lowest BCUT2D eigenvalue weighted by atomic mass is 10.0. The van der Waals surface area contributed by atoms with Crippen molar-refractivity contribution in [2.75, 3.05) is 6.54 Å². The predicted octanol–water partition coefficient (Wildman–Crippen LogP) is 1.62. The lowest BCUT2D eigenvalue weighted by Gasteiger charge is -2.22. The first-order valence-electron chi connectivity index (χ1n) is 5.31. The molecule has 0 spiro atoms. The van der Waals surface area contributed by atoms with Crippen molar-refractivity contribution >= 4 is 17.3 Å². The first-order chi connectivity index (χ1) is 7.65. The van der Waals surface area contributed by atoms with Crippen molar-refractivity contribution in [1.82, 2.24) is 5.32 Å². The van der Waals surface area contributed by atoms with Crippen LogP contribution in [0.25, 0.3) is 0 Å². The molecule has 0 bridgehead atoms. The van der Waals surface area contributed by atoms with E-state index in [0.29, 0.717) is 13.0 Å². The molecule has 3 N–H and O–H groups in total. The highest BCUT2D eigenvalue weighted by atomic mass is 32.1. The predicted molar refractivity (Wildman–Crippen MR) is 63.6 cm³/mol. The number of carboxylic acids is 1. The molecule has 0 radical (unpaired) electrons. The fourth-order valence-electron chi connectivity index (χ4n) is 1.57. The van der Waals surface area contributed by atoms with Gasteiger partial charge in [-0.05, 0) is 24.4 Å². The van der Waals surface area contributed by atoms with E-state index >= 15 is 0 Å². The molecule has 0 aliphatic carbocycles. The van der Waals surface area contributed by atoms with E-state index in [1.165, 1.54) is 11.3 Å². The first-order valence-corrected chi connectivity index (χ1v) is 6.19. The molecule has 0 amide bonds. The molecule has 1 aromatic heterocycles. The summed E-state index contributed by atoms with van der Waals surface area (Å²) in [6, 6.07) is 3.55. The van der Waals surface area contributed by atoms with Crippen molar-refractivity contribution in [2.45, 2.75) is 31.9 Å². The highest BCUT2D eigenvalue weighted by Gasteiger charge is 2.21. The monoisotopic (exact) mass is 243 g/mol. The summed E-state index contributed by atoms with van der Waals surface area (Å²) < 4.78 is 0. The Hall–Kier alpha value is -0.910. The van der Waals surface area contributed by atoms with Crippen molar-refractivity contribution in [1.29, 1.82) is 0 Å². The van der Waals surface area contributed by atoms with Crippen LogP contribution in [0.15, 0.2) is 17.5 Å². The van der Waals surface area contributed by atoms with Gasteiger partial charge in [0.15, 0.2) is 0 Å². The van der Waals surface area contributed by atoms with Crippen LogP contribution >= 0.6 is 11.3 Å². The number of nitrogens with one attached hydrogen (secondary N) is 1. The summed E-state index contributed by atoms with van der Waals surface area (Å²) >= 11 is 1.48. The highest BCUT2D eigenvalue weighted by molar-refractivity contribution is 7.10. The summed E-state index contributed by atoms with van der Waals surface area (Å²) in [6.07, 6.45) is -0.123. The van der Waals surface area contributed by atoms with E-state index in [4.69, 9.17) is 5.11 Å². The SMILES string of the molecule is CCNC(CCC(=O)O)C(O)c1cccs1. The Kier molecular flexibility index (Phi) is 5.45. The minimum absolute atomic E-state index is 0.0695. The van der Waals surface area contributed by atoms with Crippen LogP contribution < -0.4 is 5.32 Å². The average Bonchev–Trinajstić information content (AvgIpc) is 2.76. The van der Waals surface area contributed by atoms with Gasteiger partial charge in [-0.25, -0.2) is 0 Å². The van der Waals surface area contributed by atoms with Crippen LogP contribution in [0.5, 0.6) is 0 Å². The molecule has 2 atom stereocenters. The van der Waals surface area contributed by atoms with E-state index < -0.39 is 12.1 Å². The van der Waals surface area contributed by atoms with Gasteiger partial charge in [0.05, 0.1) is 0 Å². The molecular weight excluding hydrogens is 226 g/mol. The fourth-order valence-corrected chi connectivity index (χ4v) is 2.35. The van der Waals surface area contributed by atoms with E-state index in [2.05, 4.69) is 5.32 Å². The third-order valence-electron chi connectivity index (χ3n) is 2.35. The molecule has 90 valence electrons. The Morgan fingerprint density at radius 1 is 1.62 bits per heavy atom. The lowest BCUT2D eigenvalue weighted by molar-refractivity contribution is -0.137. The molecule has 1 aromatic rings. The zero-order valence-corrected chi connectivity index (χ0v) is 10.0. The Bertz CT molecular complexity index is 313. The van der Waals surface area contributed by atoms with E-state index in [1.807, 2.05) is 24.4 Å². The van der Waals surface area contributed by atoms with Gasteiger partial charge in [0, 0.05) is 17.3 Å². The fraction of sp³-hybridized carbons (Fsp3) is 0.545. The molecule has 0 aliphatic rings. The van der Waals surface area contributed by atoms with Gasteiger partial charge in [-0.15, -0.1) is 11.3 Å². The van der Waals surface area contributed by atoms with Crippen molar-refractivity contribution in [3.05, 3.63) is 22.4 Å². The molecule has 5 heteroatoms. The van der Waals surface area contributed by atoms with E-state index in [9.17, 15) is 9.90 Å². The highest BCUT2D eigenvalue weighted by Crippen LogP contribution is 2.24. The van der Waals surface area contributed by atoms with Crippen molar-refractivity contribution in [3.63, 3.8) is 0 Å². The van der Waals surface area contributed by atoms with Gasteiger partial charge in [0.2, 0.25) is 0 Å². The van der Waals surface area contributed by atoms with Crippen LogP contribution in [0.4, 0.5) is 0 Å². The topological polar surface area (TPSA) is 69.6 Å². The molecule has 0 saturated heterocycles. The molecular formula is C11H17NO3S. The molecule has 0 saturated carbocycles. The number of aliphatic hydroxyl groups is 1. The number of hydrogen-bond acceptors (Lipinski definition) is 4. The Morgan fingerprint density at radius 2 is 2.38 bits per heavy atom. The molecule has 0 aliphatic heterocycles. The van der Waals surface area contributed by atoms with Gasteiger partial charge in [-0.3, -0.25) is 4.79 Å². The van der Waals surface area contributed by atoms with Crippen LogP contribution in [-0.4, -0.2) is 28.8 Å². The Morgan fingerprint density at radius 3 is 2.88 bits per heavy atom. The second-order valence-corrected chi connectivity index (χ2v) is 4.54. The zero-order valence-electron chi connectivity index (χ0n) is 9.22. The molecule has 4 nitrogen and oxygen atoms in total. The van der Waals surface area contributed by atoms with Gasteiger partial charge in [0.25, 0.3) is 0 Å². The number of rotatable bonds is 7. The number of aliphatic hydroxyl groups excluding tert-OH is 1. The molecule has 0 aromatic carbocycles. The number of likely N-dealkylation sites (N-methyl/N-ethyl adjacent to an activating group) is 1. The third kappa shape index (κ3) is 3.92. The van der Waals surface area contributed by atoms with E-state index in [0.717, 1.165) is 4.88 Å². The summed E-state index contributed by atoms with van der Waals surface area (Å²) in [7, 11) is 0. The zero-order chi connectivity index (χ0) is 12.0. The first kappa shape index (κ1) is 13.2. The van der Waals surface area contributed by atoms with Crippen LogP contribution in [0, 0.1) is 0 Å². The molecule has 1 rings (SSSR count). The minimum Gasteiger partial charge on any atom is -0.481 e. The lowest BCUT2D eigenvalue weighted by Crippen LogP contribution is -2.35. The van der Waals surface area contributed by atoms with Crippen LogP contribution in [0.2, 0.25) is 0 Å². The smallest absolute Gasteiger partial charge is 0.303 e. The number of aliphatic carboxylic acids is 1. The second-order valence-electron chi connectivity index (χ2n) is 3.56. The maximum Gasteiger partial charge on any atom is 0.303 e. The van der Waals surface area contributed by atoms with E-state index in [1.54, 1.807) is 0 Å². The van der Waals surface area contributed by atoms with Gasteiger partial charge < -0.3 is 15.5 Å². The van der Waals surface area contributed by atoms with Crippen molar-refractivity contribution in [3.8, 4) is 0 Å². The summed E-state index contributed by atoms with van der Waals surface area (Å²) in [5.74, 6) is -0.832. The van der Waals surface area contributed by atoms with Crippen molar-refractivity contribution < 1.29 is 15.0 Å². The van der Waals surface area contributed by atoms with Gasteiger partial charge in [-0.1, -0.05) is 13.0 Å². The van der Waals surface area contributed by atoms with Crippen LogP contribution in [-0.2, 0) is 4.79 Å². The molecule has 1 heterocycles. The second kappa shape index (κ2) is 6.62. The number of hydrogen-bond donors (Lipinski definition) is 3. The summed E-state index contributed by atoms with van der Waals surface area (Å²) in [4.78, 5) is 11.4. The third-order valence-corrected chi connectivity index (χ3v) is 3.29. The van der Waals surface area contributed by atoms with Crippen LogP contribution in [0.1, 0.15) is 30.7 Å². The largest absolute Gasteiger partial charge is 0.481 e. The maximum atomic E-state index is 10.5. The molecule has 16 heavy (non-hydrogen) atoms. The minimum atomic E-state index is -0.832. The number of thiophene rings is 1. The number of carbonyl (C=O) groups is 1. The maximum absolute atomic E-state index is 10.5. The summed E-state index contributed by atoms with van der Waals surface area (Å²) in [5, 5.41) is 23.7. The average molecular weight is 243 g/mol. The summed E-state index contributed by atoms with van der Waals surface area (Å²) in [6.45, 7) is 2.65. The Labute approximate surface area is 98.9 Å². The Balaban J connectivity index is 2.58. The van der Waals surface area contributed by atoms with Gasteiger partial charge in [0.1, 0.15) is 6.10 Å². The van der Waals surface area contributed by atoms with Gasteiger partial charge in [-0.2, -0.15) is 0 Å². The molecule has 2 unspecified atom stereocenters. The number of carboxylic acid groups (broad SMARTS) is 1. The summed E-state index contributed by atoms with van der Waals surface area (Å²) in [5.41, 5.74) is 0. The van der Waals surface area contributed by atoms with Gasteiger partial charge >= 0.3 is 5.97 Å².